The molecule has 1 N–H and O–H groups in total. The van der Waals surface area contributed by atoms with Gasteiger partial charge in [0, 0.05) is 17.1 Å². The highest BCUT2D eigenvalue weighted by Gasteiger charge is 2.30. The summed E-state index contributed by atoms with van der Waals surface area (Å²) < 4.78 is 6.90. The smallest absolute Gasteiger partial charge is 0.261 e. The number of rotatable bonds is 9. The van der Waals surface area contributed by atoms with Crippen molar-refractivity contribution in [2.75, 3.05) is 6.61 Å². The number of hydrogen-bond acceptors (Lipinski definition) is 3. The van der Waals surface area contributed by atoms with Gasteiger partial charge in [0.25, 0.3) is 5.91 Å². The molecule has 3 rings (SSSR count). The van der Waals surface area contributed by atoms with Crippen LogP contribution in [0.3, 0.4) is 0 Å². The number of benzene rings is 2. The molecule has 2 aromatic rings. The first-order chi connectivity index (χ1) is 16.7. The number of halogens is 3. The number of hydrogen-bond donors (Lipinski definition) is 1. The lowest BCUT2D eigenvalue weighted by Crippen LogP contribution is -2.52. The van der Waals surface area contributed by atoms with E-state index in [2.05, 4.69) is 21.2 Å². The van der Waals surface area contributed by atoms with Gasteiger partial charge in [-0.25, -0.2) is 0 Å². The van der Waals surface area contributed by atoms with Gasteiger partial charge in [0.2, 0.25) is 5.91 Å². The number of nitrogens with zero attached hydrogens (tertiary/aromatic N) is 1. The van der Waals surface area contributed by atoms with E-state index in [-0.39, 0.29) is 31.0 Å². The molecule has 0 aliphatic heterocycles. The monoisotopic (exact) mass is 582 g/mol. The van der Waals surface area contributed by atoms with Gasteiger partial charge < -0.3 is 15.0 Å². The van der Waals surface area contributed by atoms with Gasteiger partial charge >= 0.3 is 0 Å². The molecule has 2 aromatic carbocycles. The molecule has 1 saturated carbocycles. The van der Waals surface area contributed by atoms with E-state index in [9.17, 15) is 9.59 Å². The number of ether oxygens (including phenoxy) is 1. The van der Waals surface area contributed by atoms with Gasteiger partial charge in [-0.05, 0) is 74.1 Å². The Hall–Kier alpha value is -1.76. The molecule has 1 unspecified atom stereocenters. The number of aryl methyl sites for hydroxylation is 2. The van der Waals surface area contributed by atoms with Crippen LogP contribution in [0.5, 0.6) is 5.75 Å². The summed E-state index contributed by atoms with van der Waals surface area (Å²) >= 11 is 15.9. The third-order valence-corrected chi connectivity index (χ3v) is 8.44. The van der Waals surface area contributed by atoms with Crippen LogP contribution in [0.4, 0.5) is 0 Å². The molecule has 190 valence electrons. The maximum atomic E-state index is 13.5. The van der Waals surface area contributed by atoms with Crippen LogP contribution < -0.4 is 10.1 Å². The summed E-state index contributed by atoms with van der Waals surface area (Å²) in [6.45, 7) is 5.93. The van der Waals surface area contributed by atoms with Crippen molar-refractivity contribution in [3.8, 4) is 5.75 Å². The van der Waals surface area contributed by atoms with Crippen LogP contribution in [0.15, 0.2) is 34.8 Å². The van der Waals surface area contributed by atoms with E-state index in [1.54, 1.807) is 17.0 Å². The van der Waals surface area contributed by atoms with Crippen LogP contribution >= 0.6 is 39.1 Å². The second-order valence-electron chi connectivity index (χ2n) is 9.20. The van der Waals surface area contributed by atoms with Crippen molar-refractivity contribution in [2.45, 2.75) is 77.9 Å². The van der Waals surface area contributed by atoms with E-state index in [4.69, 9.17) is 27.9 Å². The first kappa shape index (κ1) is 27.8. The van der Waals surface area contributed by atoms with E-state index in [0.717, 1.165) is 46.8 Å². The van der Waals surface area contributed by atoms with Crippen molar-refractivity contribution in [3.63, 3.8) is 0 Å². The molecule has 1 fully saturated rings. The summed E-state index contributed by atoms with van der Waals surface area (Å²) in [7, 11) is 0. The Kier molecular flexibility index (Phi) is 10.3. The van der Waals surface area contributed by atoms with Crippen LogP contribution in [-0.4, -0.2) is 35.4 Å². The van der Waals surface area contributed by atoms with Gasteiger partial charge in [-0.15, -0.1) is 0 Å². The van der Waals surface area contributed by atoms with Crippen LogP contribution in [0, 0.1) is 13.8 Å². The molecule has 35 heavy (non-hydrogen) atoms. The van der Waals surface area contributed by atoms with Crippen LogP contribution in [-0.2, 0) is 16.1 Å². The number of carbonyl (C=O) groups is 2. The summed E-state index contributed by atoms with van der Waals surface area (Å²) in [5, 5.41) is 4.04. The molecule has 0 aromatic heterocycles. The number of carbonyl (C=O) groups excluding carboxylic acids is 2. The minimum absolute atomic E-state index is 0.122. The molecule has 1 aliphatic rings. The van der Waals surface area contributed by atoms with Gasteiger partial charge in [0.15, 0.2) is 6.61 Å². The summed E-state index contributed by atoms with van der Waals surface area (Å²) in [6, 6.07) is 8.59. The summed E-state index contributed by atoms with van der Waals surface area (Å²) in [5.41, 5.74) is 2.85. The lowest BCUT2D eigenvalue weighted by Gasteiger charge is -2.32. The first-order valence-corrected chi connectivity index (χ1v) is 13.7. The third kappa shape index (κ3) is 7.61. The fourth-order valence-electron chi connectivity index (χ4n) is 4.52. The molecular weight excluding hydrogens is 551 g/mol. The van der Waals surface area contributed by atoms with Gasteiger partial charge in [-0.1, -0.05) is 71.4 Å². The lowest BCUT2D eigenvalue weighted by atomic mass is 9.95. The lowest BCUT2D eigenvalue weighted by molar-refractivity contribution is -0.143. The Labute approximate surface area is 226 Å². The highest BCUT2D eigenvalue weighted by molar-refractivity contribution is 9.10. The highest BCUT2D eigenvalue weighted by atomic mass is 79.9. The van der Waals surface area contributed by atoms with Crippen molar-refractivity contribution in [1.82, 2.24) is 10.2 Å². The molecule has 1 atom stereocenters. The second kappa shape index (κ2) is 13.0. The first-order valence-electron chi connectivity index (χ1n) is 12.1. The van der Waals surface area contributed by atoms with Gasteiger partial charge in [-0.3, -0.25) is 9.59 Å². The summed E-state index contributed by atoms with van der Waals surface area (Å²) in [5.74, 6) is 0.230. The van der Waals surface area contributed by atoms with Crippen LogP contribution in [0.25, 0.3) is 0 Å². The van der Waals surface area contributed by atoms with Crippen LogP contribution in [0.2, 0.25) is 10.0 Å². The van der Waals surface area contributed by atoms with E-state index >= 15 is 0 Å². The maximum Gasteiger partial charge on any atom is 0.261 e. The summed E-state index contributed by atoms with van der Waals surface area (Å²) in [6.07, 6.45) is 5.89. The van der Waals surface area contributed by atoms with Crippen molar-refractivity contribution in [1.29, 1.82) is 0 Å². The average Bonchev–Trinajstić information content (AvgIpc) is 2.83. The third-order valence-electron chi connectivity index (χ3n) is 6.45. The predicted octanol–water partition coefficient (Wildman–Crippen LogP) is 7.01. The highest BCUT2D eigenvalue weighted by Crippen LogP contribution is 2.27. The minimum atomic E-state index is -0.615. The maximum absolute atomic E-state index is 13.5. The molecule has 0 bridgehead atoms. The topological polar surface area (TPSA) is 58.6 Å². The van der Waals surface area contributed by atoms with Crippen molar-refractivity contribution < 1.29 is 14.3 Å². The normalized spacial score (nSPS) is 14.9. The minimum Gasteiger partial charge on any atom is -0.484 e. The summed E-state index contributed by atoms with van der Waals surface area (Å²) in [4.78, 5) is 28.4. The van der Waals surface area contributed by atoms with Gasteiger partial charge in [-0.2, -0.15) is 0 Å². The zero-order valence-corrected chi connectivity index (χ0v) is 23.6. The van der Waals surface area contributed by atoms with Crippen molar-refractivity contribution in [3.05, 3.63) is 61.5 Å². The van der Waals surface area contributed by atoms with E-state index in [1.165, 1.54) is 6.42 Å². The Morgan fingerprint density at radius 2 is 1.74 bits per heavy atom. The Morgan fingerprint density at radius 3 is 2.34 bits per heavy atom. The Bertz CT molecular complexity index is 1030. The molecule has 5 nitrogen and oxygen atoms in total. The zero-order chi connectivity index (χ0) is 25.5. The van der Waals surface area contributed by atoms with Crippen LogP contribution in [0.1, 0.15) is 62.1 Å². The van der Waals surface area contributed by atoms with Gasteiger partial charge in [0.1, 0.15) is 11.8 Å². The fourth-order valence-corrected chi connectivity index (χ4v) is 5.07. The van der Waals surface area contributed by atoms with E-state index in [1.807, 2.05) is 39.0 Å². The quantitative estimate of drug-likeness (QED) is 0.345. The molecule has 0 spiro atoms. The second-order valence-corrected chi connectivity index (χ2v) is 10.8. The van der Waals surface area contributed by atoms with Crippen molar-refractivity contribution in [2.24, 2.45) is 0 Å². The van der Waals surface area contributed by atoms with E-state index in [0.29, 0.717) is 22.2 Å². The Morgan fingerprint density at radius 1 is 1.09 bits per heavy atom. The standard InChI is InChI=1S/C27H33BrCl2N2O3/c1-4-24(27(34)31-20-8-6-5-7-9-20)32(15-19-10-11-22(29)23(30)14-19)25(33)16-35-21-12-17(2)26(28)18(3)13-21/h10-14,20,24H,4-9,15-16H2,1-3H3,(H,31,34). The molecular formula is C27H33BrCl2N2O3. The molecule has 0 radical (unpaired) electrons. The Balaban J connectivity index is 1.80. The average molecular weight is 584 g/mol. The van der Waals surface area contributed by atoms with Crippen molar-refractivity contribution >= 4 is 50.9 Å². The zero-order valence-electron chi connectivity index (χ0n) is 20.5. The molecule has 1 aliphatic carbocycles. The SMILES string of the molecule is CCC(C(=O)NC1CCCCC1)N(Cc1ccc(Cl)c(Cl)c1)C(=O)COc1cc(C)c(Br)c(C)c1. The largest absolute Gasteiger partial charge is 0.484 e. The fraction of sp³-hybridized carbons (Fsp3) is 0.481. The number of amides is 2. The molecule has 0 heterocycles. The number of nitrogens with one attached hydrogen (secondary N) is 1. The molecule has 2 amide bonds. The predicted molar refractivity (Wildman–Crippen MR) is 145 cm³/mol. The molecule has 0 saturated heterocycles. The molecule has 8 heteroatoms. The van der Waals surface area contributed by atoms with E-state index < -0.39 is 6.04 Å². The van der Waals surface area contributed by atoms with Gasteiger partial charge in [0.05, 0.1) is 10.0 Å².